The topological polar surface area (TPSA) is 38.0 Å². The molecular formula is C12H13ClN2O. The van der Waals surface area contributed by atoms with E-state index in [2.05, 4.69) is 4.98 Å². The monoisotopic (exact) mass is 236 g/mol. The number of aliphatic hydroxyl groups is 1. The summed E-state index contributed by atoms with van der Waals surface area (Å²) < 4.78 is 1.94. The van der Waals surface area contributed by atoms with E-state index in [0.717, 1.165) is 22.6 Å². The average Bonchev–Trinajstić information content (AvgIpc) is 2.60. The highest BCUT2D eigenvalue weighted by atomic mass is 35.5. The minimum absolute atomic E-state index is 0.00192. The van der Waals surface area contributed by atoms with Crippen molar-refractivity contribution in [3.63, 3.8) is 0 Å². The predicted molar refractivity (Wildman–Crippen MR) is 64.0 cm³/mol. The van der Waals surface area contributed by atoms with E-state index in [1.54, 1.807) is 12.4 Å². The van der Waals surface area contributed by atoms with Gasteiger partial charge in [0.05, 0.1) is 29.3 Å². The van der Waals surface area contributed by atoms with Crippen LogP contribution < -0.4 is 0 Å². The highest BCUT2D eigenvalue weighted by Gasteiger charge is 2.08. The fraction of sp³-hybridized carbons (Fsp3) is 0.250. The summed E-state index contributed by atoms with van der Waals surface area (Å²) in [6.45, 7) is 3.96. The Morgan fingerprint density at radius 3 is 2.62 bits per heavy atom. The van der Waals surface area contributed by atoms with Crippen molar-refractivity contribution in [1.29, 1.82) is 0 Å². The van der Waals surface area contributed by atoms with Crippen molar-refractivity contribution in [2.24, 2.45) is 0 Å². The first kappa shape index (κ1) is 11.2. The lowest BCUT2D eigenvalue weighted by Gasteiger charge is -2.09. The summed E-state index contributed by atoms with van der Waals surface area (Å²) in [6.07, 6.45) is 1.75. The first-order valence-corrected chi connectivity index (χ1v) is 5.41. The standard InChI is InChI=1S/C12H13ClN2O/c1-8-9(2)15(7-14-8)12-4-3-10(6-16)5-11(12)13/h3-5,7,16H,6H2,1-2H3. The summed E-state index contributed by atoms with van der Waals surface area (Å²) in [5.74, 6) is 0. The van der Waals surface area contributed by atoms with E-state index in [1.165, 1.54) is 0 Å². The molecule has 0 aliphatic rings. The summed E-state index contributed by atoms with van der Waals surface area (Å²) in [6, 6.07) is 5.52. The van der Waals surface area contributed by atoms with Crippen LogP contribution in [0.2, 0.25) is 5.02 Å². The summed E-state index contributed by atoms with van der Waals surface area (Å²) >= 11 is 6.16. The van der Waals surface area contributed by atoms with Crippen LogP contribution in [0.15, 0.2) is 24.5 Å². The zero-order valence-electron chi connectivity index (χ0n) is 9.24. The summed E-state index contributed by atoms with van der Waals surface area (Å²) in [5.41, 5.74) is 3.75. The Hall–Kier alpha value is -1.32. The molecule has 0 saturated heterocycles. The molecule has 0 amide bonds. The molecule has 0 unspecified atom stereocenters. The number of imidazole rings is 1. The van der Waals surface area contributed by atoms with Gasteiger partial charge in [0.1, 0.15) is 0 Å². The molecule has 1 aromatic carbocycles. The van der Waals surface area contributed by atoms with E-state index in [4.69, 9.17) is 16.7 Å². The number of benzene rings is 1. The normalized spacial score (nSPS) is 10.8. The fourth-order valence-electron chi connectivity index (χ4n) is 1.59. The first-order chi connectivity index (χ1) is 7.63. The summed E-state index contributed by atoms with van der Waals surface area (Å²) in [4.78, 5) is 4.23. The van der Waals surface area contributed by atoms with Crippen LogP contribution in [0.5, 0.6) is 0 Å². The molecule has 0 aliphatic heterocycles. The number of aryl methyl sites for hydroxylation is 1. The Labute approximate surface area is 99.3 Å². The van der Waals surface area contributed by atoms with Gasteiger partial charge in [0.15, 0.2) is 0 Å². The molecule has 2 aromatic rings. The molecule has 3 nitrogen and oxygen atoms in total. The van der Waals surface area contributed by atoms with Crippen LogP contribution in [-0.2, 0) is 6.61 Å². The van der Waals surface area contributed by atoms with Crippen molar-refractivity contribution in [2.45, 2.75) is 20.5 Å². The lowest BCUT2D eigenvalue weighted by atomic mass is 10.2. The molecule has 0 bridgehead atoms. The minimum atomic E-state index is 0.00192. The van der Waals surface area contributed by atoms with Gasteiger partial charge in [-0.25, -0.2) is 4.98 Å². The molecule has 0 fully saturated rings. The Morgan fingerprint density at radius 1 is 1.38 bits per heavy atom. The minimum Gasteiger partial charge on any atom is -0.392 e. The molecule has 4 heteroatoms. The Balaban J connectivity index is 2.52. The Bertz CT molecular complexity index is 520. The zero-order valence-corrected chi connectivity index (χ0v) is 9.99. The van der Waals surface area contributed by atoms with Crippen LogP contribution in [0.25, 0.3) is 5.69 Å². The molecule has 0 saturated carbocycles. The van der Waals surface area contributed by atoms with Crippen LogP contribution in [0.4, 0.5) is 0 Å². The van der Waals surface area contributed by atoms with Crippen molar-refractivity contribution >= 4 is 11.6 Å². The second-order valence-electron chi connectivity index (χ2n) is 3.73. The number of rotatable bonds is 2. The number of nitrogens with zero attached hydrogens (tertiary/aromatic N) is 2. The largest absolute Gasteiger partial charge is 0.392 e. The molecule has 1 aromatic heterocycles. The van der Waals surface area contributed by atoms with Crippen molar-refractivity contribution in [3.05, 3.63) is 46.5 Å². The van der Waals surface area contributed by atoms with E-state index >= 15 is 0 Å². The fourth-order valence-corrected chi connectivity index (χ4v) is 1.88. The van der Waals surface area contributed by atoms with Crippen LogP contribution >= 0.6 is 11.6 Å². The number of halogens is 1. The molecule has 1 heterocycles. The van der Waals surface area contributed by atoms with Gasteiger partial charge in [-0.3, -0.25) is 0 Å². The third kappa shape index (κ3) is 1.84. The van der Waals surface area contributed by atoms with Gasteiger partial charge in [0.25, 0.3) is 0 Å². The zero-order chi connectivity index (χ0) is 11.7. The molecular weight excluding hydrogens is 224 g/mol. The second kappa shape index (κ2) is 4.28. The van der Waals surface area contributed by atoms with Gasteiger partial charge in [-0.15, -0.1) is 0 Å². The number of aromatic nitrogens is 2. The SMILES string of the molecule is Cc1ncn(-c2ccc(CO)cc2Cl)c1C. The van der Waals surface area contributed by atoms with Crippen molar-refractivity contribution in [3.8, 4) is 5.69 Å². The van der Waals surface area contributed by atoms with Crippen molar-refractivity contribution in [1.82, 2.24) is 9.55 Å². The molecule has 0 atom stereocenters. The van der Waals surface area contributed by atoms with E-state index < -0.39 is 0 Å². The highest BCUT2D eigenvalue weighted by molar-refractivity contribution is 6.32. The van der Waals surface area contributed by atoms with Gasteiger partial charge in [0, 0.05) is 5.69 Å². The van der Waals surface area contributed by atoms with Gasteiger partial charge in [-0.05, 0) is 31.5 Å². The third-order valence-corrected chi connectivity index (χ3v) is 3.01. The van der Waals surface area contributed by atoms with Gasteiger partial charge in [-0.1, -0.05) is 17.7 Å². The molecule has 84 valence electrons. The summed E-state index contributed by atoms with van der Waals surface area (Å²) in [7, 11) is 0. The molecule has 0 spiro atoms. The van der Waals surface area contributed by atoms with Crippen molar-refractivity contribution < 1.29 is 5.11 Å². The maximum atomic E-state index is 9.00. The number of aliphatic hydroxyl groups excluding tert-OH is 1. The van der Waals surface area contributed by atoms with Gasteiger partial charge >= 0.3 is 0 Å². The maximum Gasteiger partial charge on any atom is 0.0997 e. The third-order valence-electron chi connectivity index (χ3n) is 2.71. The van der Waals surface area contributed by atoms with Gasteiger partial charge in [0.2, 0.25) is 0 Å². The van der Waals surface area contributed by atoms with Crippen molar-refractivity contribution in [2.75, 3.05) is 0 Å². The van der Waals surface area contributed by atoms with E-state index in [0.29, 0.717) is 5.02 Å². The molecule has 1 N–H and O–H groups in total. The second-order valence-corrected chi connectivity index (χ2v) is 4.14. The smallest absolute Gasteiger partial charge is 0.0997 e. The van der Waals surface area contributed by atoms with Gasteiger partial charge < -0.3 is 9.67 Å². The van der Waals surface area contributed by atoms with E-state index in [9.17, 15) is 0 Å². The Kier molecular flexibility index (Phi) is 2.99. The highest BCUT2D eigenvalue weighted by Crippen LogP contribution is 2.24. The molecule has 0 aliphatic carbocycles. The first-order valence-electron chi connectivity index (χ1n) is 5.03. The van der Waals surface area contributed by atoms with Gasteiger partial charge in [-0.2, -0.15) is 0 Å². The maximum absolute atomic E-state index is 9.00. The van der Waals surface area contributed by atoms with E-state index in [1.807, 2.05) is 30.5 Å². The molecule has 2 rings (SSSR count). The van der Waals surface area contributed by atoms with Crippen LogP contribution in [0.3, 0.4) is 0 Å². The van der Waals surface area contributed by atoms with E-state index in [-0.39, 0.29) is 6.61 Å². The summed E-state index contributed by atoms with van der Waals surface area (Å²) in [5, 5.41) is 9.62. The number of hydrogen-bond donors (Lipinski definition) is 1. The molecule has 0 radical (unpaired) electrons. The van der Waals surface area contributed by atoms with Crippen LogP contribution in [-0.4, -0.2) is 14.7 Å². The van der Waals surface area contributed by atoms with Crippen LogP contribution in [0.1, 0.15) is 17.0 Å². The number of hydrogen-bond acceptors (Lipinski definition) is 2. The molecule has 16 heavy (non-hydrogen) atoms. The predicted octanol–water partition coefficient (Wildman–Crippen LogP) is 2.63. The van der Waals surface area contributed by atoms with Crippen LogP contribution in [0, 0.1) is 13.8 Å². The Morgan fingerprint density at radius 2 is 2.12 bits per heavy atom. The lowest BCUT2D eigenvalue weighted by Crippen LogP contribution is -1.97. The lowest BCUT2D eigenvalue weighted by molar-refractivity contribution is 0.282. The average molecular weight is 237 g/mol. The quantitative estimate of drug-likeness (QED) is 0.871.